The minimum atomic E-state index is -0.544. The molecule has 3 rings (SSSR count). The van der Waals surface area contributed by atoms with Crippen LogP contribution >= 0.6 is 0 Å². The van der Waals surface area contributed by atoms with E-state index in [4.69, 9.17) is 4.74 Å². The summed E-state index contributed by atoms with van der Waals surface area (Å²) in [5.41, 5.74) is 1.01. The van der Waals surface area contributed by atoms with Gasteiger partial charge in [0.25, 0.3) is 0 Å². The van der Waals surface area contributed by atoms with Crippen LogP contribution in [0.1, 0.15) is 34.6 Å². The third-order valence-corrected chi connectivity index (χ3v) is 3.93. The number of hydrogen-bond donors (Lipinski definition) is 1. The molecule has 0 aliphatic heterocycles. The lowest BCUT2D eigenvalue weighted by Gasteiger charge is -2.26. The average molecular weight is 367 g/mol. The zero-order valence-electron chi connectivity index (χ0n) is 16.3. The molecule has 2 aromatic heterocycles. The molecule has 0 fully saturated rings. The molecule has 1 atom stereocenters. The molecule has 0 bridgehead atoms. The maximum Gasteiger partial charge on any atom is 0.329 e. The van der Waals surface area contributed by atoms with E-state index < -0.39 is 11.6 Å². The highest BCUT2D eigenvalue weighted by Crippen LogP contribution is 2.20. The maximum atomic E-state index is 12.6. The number of aromatic nitrogens is 4. The normalized spacial score (nSPS) is 13.0. The van der Waals surface area contributed by atoms with Crippen molar-refractivity contribution in [3.8, 4) is 11.4 Å². The standard InChI is InChI=1S/C20H25N5O2/c1-13(2)17(19(26)27-20(3,4)5)21-15-11-12-16-22-23-18(25(16)24-15)14-9-7-6-8-10-14/h6-13,17H,1-5H3,(H,21,24)/t17-/m0/s1. The predicted molar refractivity (Wildman–Crippen MR) is 104 cm³/mol. The van der Waals surface area contributed by atoms with Crippen LogP contribution in [0.2, 0.25) is 0 Å². The van der Waals surface area contributed by atoms with Gasteiger partial charge in [0.2, 0.25) is 0 Å². The number of carbonyl (C=O) groups excluding carboxylic acids is 1. The summed E-state index contributed by atoms with van der Waals surface area (Å²) in [6, 6.07) is 12.8. The molecule has 1 aromatic carbocycles. The summed E-state index contributed by atoms with van der Waals surface area (Å²) in [6.07, 6.45) is 0. The van der Waals surface area contributed by atoms with Crippen molar-refractivity contribution in [2.75, 3.05) is 5.32 Å². The molecular formula is C20H25N5O2. The largest absolute Gasteiger partial charge is 0.458 e. The molecule has 3 aromatic rings. The Morgan fingerprint density at radius 2 is 1.78 bits per heavy atom. The minimum absolute atomic E-state index is 0.0341. The van der Waals surface area contributed by atoms with Crippen molar-refractivity contribution in [1.82, 2.24) is 19.8 Å². The monoisotopic (exact) mass is 367 g/mol. The van der Waals surface area contributed by atoms with E-state index in [9.17, 15) is 4.79 Å². The van der Waals surface area contributed by atoms with E-state index in [1.165, 1.54) is 0 Å². The first kappa shape index (κ1) is 18.8. The van der Waals surface area contributed by atoms with E-state index in [0.29, 0.717) is 17.3 Å². The summed E-state index contributed by atoms with van der Waals surface area (Å²) < 4.78 is 7.21. The van der Waals surface area contributed by atoms with Gasteiger partial charge < -0.3 is 10.1 Å². The number of anilines is 1. The van der Waals surface area contributed by atoms with Gasteiger partial charge in [0, 0.05) is 5.56 Å². The molecule has 0 saturated carbocycles. The van der Waals surface area contributed by atoms with Gasteiger partial charge in [-0.15, -0.1) is 15.3 Å². The van der Waals surface area contributed by atoms with Crippen molar-refractivity contribution in [3.05, 3.63) is 42.5 Å². The second-order valence-electron chi connectivity index (χ2n) is 7.78. The molecule has 27 heavy (non-hydrogen) atoms. The number of fused-ring (bicyclic) bond motifs is 1. The van der Waals surface area contributed by atoms with Gasteiger partial charge >= 0.3 is 5.97 Å². The smallest absolute Gasteiger partial charge is 0.329 e. The highest BCUT2D eigenvalue weighted by molar-refractivity contribution is 5.79. The van der Waals surface area contributed by atoms with Crippen LogP contribution in [0.15, 0.2) is 42.5 Å². The van der Waals surface area contributed by atoms with Gasteiger partial charge in [0.15, 0.2) is 11.5 Å². The Labute approximate surface area is 158 Å². The summed E-state index contributed by atoms with van der Waals surface area (Å²) in [6.45, 7) is 9.50. The Hall–Kier alpha value is -2.96. The highest BCUT2D eigenvalue weighted by atomic mass is 16.6. The molecule has 1 N–H and O–H groups in total. The minimum Gasteiger partial charge on any atom is -0.458 e. The molecule has 7 heteroatoms. The zero-order valence-corrected chi connectivity index (χ0v) is 16.3. The molecule has 0 radical (unpaired) electrons. The summed E-state index contributed by atoms with van der Waals surface area (Å²) in [5.74, 6) is 0.940. The van der Waals surface area contributed by atoms with Crippen LogP contribution in [0, 0.1) is 5.92 Å². The fraction of sp³-hybridized carbons (Fsp3) is 0.400. The highest BCUT2D eigenvalue weighted by Gasteiger charge is 2.28. The first-order valence-electron chi connectivity index (χ1n) is 9.02. The van der Waals surface area contributed by atoms with E-state index in [-0.39, 0.29) is 11.9 Å². The summed E-state index contributed by atoms with van der Waals surface area (Å²) in [4.78, 5) is 12.6. The average Bonchev–Trinajstić information content (AvgIpc) is 3.01. The molecular weight excluding hydrogens is 342 g/mol. The summed E-state index contributed by atoms with van der Waals surface area (Å²) in [5, 5.41) is 16.2. The zero-order chi connectivity index (χ0) is 19.6. The van der Waals surface area contributed by atoms with Crippen molar-refractivity contribution in [2.24, 2.45) is 5.92 Å². The molecule has 0 aliphatic carbocycles. The Balaban J connectivity index is 1.91. The Bertz CT molecular complexity index is 928. The van der Waals surface area contributed by atoms with Crippen molar-refractivity contribution in [3.63, 3.8) is 0 Å². The number of ether oxygens (including phenoxy) is 1. The van der Waals surface area contributed by atoms with Crippen LogP contribution in [0.25, 0.3) is 17.0 Å². The molecule has 0 unspecified atom stereocenters. The number of nitrogens with one attached hydrogen (secondary N) is 1. The van der Waals surface area contributed by atoms with Gasteiger partial charge in [-0.1, -0.05) is 44.2 Å². The van der Waals surface area contributed by atoms with Crippen LogP contribution in [0.4, 0.5) is 5.82 Å². The van der Waals surface area contributed by atoms with Gasteiger partial charge in [0.1, 0.15) is 17.5 Å². The van der Waals surface area contributed by atoms with Gasteiger partial charge in [-0.3, -0.25) is 0 Å². The van der Waals surface area contributed by atoms with E-state index in [0.717, 1.165) is 5.56 Å². The third-order valence-electron chi connectivity index (χ3n) is 3.93. The lowest BCUT2D eigenvalue weighted by Crippen LogP contribution is -2.40. The lowest BCUT2D eigenvalue weighted by molar-refractivity contribution is -0.156. The van der Waals surface area contributed by atoms with Gasteiger partial charge in [0.05, 0.1) is 0 Å². The topological polar surface area (TPSA) is 81.4 Å². The second kappa shape index (κ2) is 7.34. The Kier molecular flexibility index (Phi) is 5.12. The van der Waals surface area contributed by atoms with Crippen molar-refractivity contribution in [1.29, 1.82) is 0 Å². The van der Waals surface area contributed by atoms with E-state index >= 15 is 0 Å². The third kappa shape index (κ3) is 4.42. The van der Waals surface area contributed by atoms with Crippen molar-refractivity contribution < 1.29 is 9.53 Å². The van der Waals surface area contributed by atoms with Gasteiger partial charge in [-0.05, 0) is 38.8 Å². The van der Waals surface area contributed by atoms with Crippen molar-refractivity contribution in [2.45, 2.75) is 46.3 Å². The number of hydrogen-bond acceptors (Lipinski definition) is 6. The van der Waals surface area contributed by atoms with Gasteiger partial charge in [-0.2, -0.15) is 4.52 Å². The summed E-state index contributed by atoms with van der Waals surface area (Å²) in [7, 11) is 0. The Morgan fingerprint density at radius 1 is 1.07 bits per heavy atom. The number of benzene rings is 1. The van der Waals surface area contributed by atoms with Crippen LogP contribution < -0.4 is 5.32 Å². The predicted octanol–water partition coefficient (Wildman–Crippen LogP) is 3.57. The number of esters is 1. The van der Waals surface area contributed by atoms with E-state index in [2.05, 4.69) is 20.6 Å². The maximum absolute atomic E-state index is 12.6. The molecule has 0 saturated heterocycles. The molecule has 0 amide bonds. The molecule has 142 valence electrons. The quantitative estimate of drug-likeness (QED) is 0.694. The number of nitrogens with zero attached hydrogens (tertiary/aromatic N) is 4. The van der Waals surface area contributed by atoms with Gasteiger partial charge in [-0.25, -0.2) is 4.79 Å². The fourth-order valence-electron chi connectivity index (χ4n) is 2.66. The Morgan fingerprint density at radius 3 is 2.41 bits per heavy atom. The van der Waals surface area contributed by atoms with Crippen LogP contribution in [-0.4, -0.2) is 37.4 Å². The van der Waals surface area contributed by atoms with Crippen LogP contribution in [-0.2, 0) is 9.53 Å². The second-order valence-corrected chi connectivity index (χ2v) is 7.78. The van der Waals surface area contributed by atoms with Crippen molar-refractivity contribution >= 4 is 17.4 Å². The van der Waals surface area contributed by atoms with Crippen LogP contribution in [0.5, 0.6) is 0 Å². The summed E-state index contributed by atoms with van der Waals surface area (Å²) >= 11 is 0. The van der Waals surface area contributed by atoms with E-state index in [1.54, 1.807) is 10.6 Å². The van der Waals surface area contributed by atoms with E-state index in [1.807, 2.05) is 71.0 Å². The first-order chi connectivity index (χ1) is 12.7. The first-order valence-corrected chi connectivity index (χ1v) is 9.02. The fourth-order valence-corrected chi connectivity index (χ4v) is 2.66. The van der Waals surface area contributed by atoms with Crippen LogP contribution in [0.3, 0.4) is 0 Å². The SMILES string of the molecule is CC(C)[C@H](Nc1ccc2nnc(-c3ccccc3)n2n1)C(=O)OC(C)(C)C. The lowest BCUT2D eigenvalue weighted by atomic mass is 10.0. The number of carbonyl (C=O) groups is 1. The molecule has 0 spiro atoms. The molecule has 7 nitrogen and oxygen atoms in total. The molecule has 0 aliphatic rings. The molecule has 2 heterocycles. The number of rotatable bonds is 5.